The van der Waals surface area contributed by atoms with Crippen LogP contribution < -0.4 is 0 Å². The van der Waals surface area contributed by atoms with Crippen molar-refractivity contribution < 1.29 is 32.3 Å². The van der Waals surface area contributed by atoms with Crippen LogP contribution in [0.2, 0.25) is 0 Å². The van der Waals surface area contributed by atoms with E-state index in [9.17, 15) is 18.0 Å². The number of carboxylic acid groups (broad SMARTS) is 1. The van der Waals surface area contributed by atoms with Crippen LogP contribution in [0.3, 0.4) is 0 Å². The van der Waals surface area contributed by atoms with Crippen molar-refractivity contribution in [1.29, 1.82) is 0 Å². The normalized spacial score (nSPS) is 17.8. The molecule has 2 heterocycles. The van der Waals surface area contributed by atoms with Gasteiger partial charge in [-0.05, 0) is 25.3 Å². The average molecular weight is 394 g/mol. The summed E-state index contributed by atoms with van der Waals surface area (Å²) >= 11 is 0. The molecule has 1 fully saturated rings. The number of carbonyl (C=O) groups is 2. The molecular formula is C16H25F3N4O4. The Bertz CT molecular complexity index is 621. The molecule has 1 aliphatic heterocycles. The number of halogens is 3. The predicted octanol–water partition coefficient (Wildman–Crippen LogP) is 2.09. The molecule has 1 saturated heterocycles. The topological polar surface area (TPSA) is 99.8 Å². The Kier molecular flexibility index (Phi) is 8.67. The van der Waals surface area contributed by atoms with Crippen molar-refractivity contribution in [2.45, 2.75) is 45.8 Å². The molecule has 11 heteroatoms. The Balaban J connectivity index is 0.000000445. The summed E-state index contributed by atoms with van der Waals surface area (Å²) in [6, 6.07) is 0. The summed E-state index contributed by atoms with van der Waals surface area (Å²) < 4.78 is 37.0. The highest BCUT2D eigenvalue weighted by Crippen LogP contribution is 2.15. The predicted molar refractivity (Wildman–Crippen MR) is 88.7 cm³/mol. The highest BCUT2D eigenvalue weighted by molar-refractivity contribution is 5.75. The molecule has 1 aromatic heterocycles. The van der Waals surface area contributed by atoms with Gasteiger partial charge in [0.2, 0.25) is 17.7 Å². The van der Waals surface area contributed by atoms with Crippen LogP contribution in [0.4, 0.5) is 13.2 Å². The Morgan fingerprint density at radius 2 is 2.00 bits per heavy atom. The van der Waals surface area contributed by atoms with Crippen LogP contribution in [0.5, 0.6) is 0 Å². The van der Waals surface area contributed by atoms with Gasteiger partial charge in [-0.2, -0.15) is 13.2 Å². The van der Waals surface area contributed by atoms with Crippen molar-refractivity contribution >= 4 is 11.9 Å². The maximum atomic E-state index is 12.1. The van der Waals surface area contributed by atoms with Crippen molar-refractivity contribution in [3.63, 3.8) is 0 Å². The molecule has 0 aliphatic carbocycles. The van der Waals surface area contributed by atoms with E-state index < -0.39 is 12.1 Å². The summed E-state index contributed by atoms with van der Waals surface area (Å²) in [5.74, 6) is -0.863. The SMILES string of the molecule is Cc1nnc(CN(C)C(=O)CCN2CCCC(C)C2)o1.O=C(O)C(F)(F)F. The highest BCUT2D eigenvalue weighted by Gasteiger charge is 2.38. The molecule has 0 aromatic carbocycles. The number of piperidine rings is 1. The zero-order valence-electron chi connectivity index (χ0n) is 15.6. The molecule has 8 nitrogen and oxygen atoms in total. The van der Waals surface area contributed by atoms with E-state index in [1.165, 1.54) is 12.8 Å². The third kappa shape index (κ3) is 8.85. The first-order chi connectivity index (χ1) is 12.5. The third-order valence-electron chi connectivity index (χ3n) is 3.99. The summed E-state index contributed by atoms with van der Waals surface area (Å²) in [4.78, 5) is 25.0. The number of carbonyl (C=O) groups excluding carboxylic acids is 1. The molecule has 1 N–H and O–H groups in total. The summed E-state index contributed by atoms with van der Waals surface area (Å²) in [7, 11) is 1.78. The second-order valence-electron chi connectivity index (χ2n) is 6.57. The Labute approximate surface area is 155 Å². The summed E-state index contributed by atoms with van der Waals surface area (Å²) in [5.41, 5.74) is 0. The second-order valence-corrected chi connectivity index (χ2v) is 6.57. The van der Waals surface area contributed by atoms with Crippen LogP contribution in [-0.4, -0.2) is 69.8 Å². The lowest BCUT2D eigenvalue weighted by molar-refractivity contribution is -0.192. The molecule has 0 bridgehead atoms. The fraction of sp³-hybridized carbons (Fsp3) is 0.750. The molecular weight excluding hydrogens is 369 g/mol. The van der Waals surface area contributed by atoms with Crippen LogP contribution in [0.15, 0.2) is 4.42 Å². The van der Waals surface area contributed by atoms with Gasteiger partial charge in [-0.1, -0.05) is 6.92 Å². The molecule has 1 atom stereocenters. The van der Waals surface area contributed by atoms with Crippen molar-refractivity contribution in [1.82, 2.24) is 20.0 Å². The fourth-order valence-electron chi connectivity index (χ4n) is 2.63. The van der Waals surface area contributed by atoms with E-state index in [0.717, 1.165) is 25.6 Å². The van der Waals surface area contributed by atoms with Crippen molar-refractivity contribution in [3.8, 4) is 0 Å². The smallest absolute Gasteiger partial charge is 0.475 e. The molecule has 0 spiro atoms. The minimum Gasteiger partial charge on any atom is -0.475 e. The second kappa shape index (κ2) is 10.2. The lowest BCUT2D eigenvalue weighted by Gasteiger charge is -2.30. The van der Waals surface area contributed by atoms with Crippen LogP contribution in [0.1, 0.15) is 38.0 Å². The van der Waals surface area contributed by atoms with E-state index >= 15 is 0 Å². The first-order valence-corrected chi connectivity index (χ1v) is 8.54. The Hall–Kier alpha value is -2.17. The maximum absolute atomic E-state index is 12.1. The zero-order valence-corrected chi connectivity index (χ0v) is 15.6. The fourth-order valence-corrected chi connectivity index (χ4v) is 2.63. The minimum atomic E-state index is -5.08. The molecule has 1 aromatic rings. The quantitative estimate of drug-likeness (QED) is 0.816. The largest absolute Gasteiger partial charge is 0.490 e. The zero-order chi connectivity index (χ0) is 20.6. The summed E-state index contributed by atoms with van der Waals surface area (Å²) in [5, 5.41) is 14.8. The number of hydrogen-bond acceptors (Lipinski definition) is 6. The molecule has 1 amide bonds. The van der Waals surface area contributed by atoms with Gasteiger partial charge in [-0.25, -0.2) is 4.79 Å². The van der Waals surface area contributed by atoms with Gasteiger partial charge >= 0.3 is 12.1 Å². The number of hydrogen-bond donors (Lipinski definition) is 1. The number of aromatic nitrogens is 2. The van der Waals surface area contributed by atoms with Gasteiger partial charge < -0.3 is 19.3 Å². The van der Waals surface area contributed by atoms with E-state index in [1.807, 2.05) is 0 Å². The minimum absolute atomic E-state index is 0.124. The number of rotatable bonds is 5. The monoisotopic (exact) mass is 394 g/mol. The molecule has 1 aliphatic rings. The van der Waals surface area contributed by atoms with Gasteiger partial charge in [0, 0.05) is 33.5 Å². The molecule has 0 saturated carbocycles. The van der Waals surface area contributed by atoms with Crippen molar-refractivity contribution in [3.05, 3.63) is 11.8 Å². The lowest BCUT2D eigenvalue weighted by Crippen LogP contribution is -2.37. The van der Waals surface area contributed by atoms with Gasteiger partial charge in [0.15, 0.2) is 0 Å². The molecule has 0 radical (unpaired) electrons. The lowest BCUT2D eigenvalue weighted by atomic mass is 10.0. The number of alkyl halides is 3. The molecule has 154 valence electrons. The molecule has 27 heavy (non-hydrogen) atoms. The van der Waals surface area contributed by atoms with Crippen molar-refractivity contribution in [2.24, 2.45) is 5.92 Å². The van der Waals surface area contributed by atoms with E-state index in [0.29, 0.717) is 24.7 Å². The van der Waals surface area contributed by atoms with Crippen LogP contribution >= 0.6 is 0 Å². The van der Waals surface area contributed by atoms with Gasteiger partial charge in [-0.3, -0.25) is 4.79 Å². The number of carboxylic acids is 1. The summed E-state index contributed by atoms with van der Waals surface area (Å²) in [6.45, 7) is 7.48. The van der Waals surface area contributed by atoms with E-state index in [1.54, 1.807) is 18.9 Å². The van der Waals surface area contributed by atoms with Gasteiger partial charge in [-0.15, -0.1) is 10.2 Å². The van der Waals surface area contributed by atoms with Crippen LogP contribution in [0, 0.1) is 12.8 Å². The number of aryl methyl sites for hydroxylation is 1. The molecule has 1 unspecified atom stereocenters. The van der Waals surface area contributed by atoms with Crippen LogP contribution in [0.25, 0.3) is 0 Å². The standard InChI is InChI=1S/C14H24N4O2.C2HF3O2/c1-11-5-4-7-18(9-11)8-6-14(19)17(3)10-13-16-15-12(2)20-13;3-2(4,5)1(6)7/h11H,4-10H2,1-3H3;(H,6,7). The maximum Gasteiger partial charge on any atom is 0.490 e. The summed E-state index contributed by atoms with van der Waals surface area (Å²) in [6.07, 6.45) is -1.98. The Morgan fingerprint density at radius 3 is 2.48 bits per heavy atom. The van der Waals surface area contributed by atoms with E-state index in [4.69, 9.17) is 14.3 Å². The van der Waals surface area contributed by atoms with Crippen molar-refractivity contribution in [2.75, 3.05) is 26.7 Å². The highest BCUT2D eigenvalue weighted by atomic mass is 19.4. The first-order valence-electron chi connectivity index (χ1n) is 8.54. The van der Waals surface area contributed by atoms with Gasteiger partial charge in [0.05, 0.1) is 6.54 Å². The number of likely N-dealkylation sites (tertiary alicyclic amines) is 1. The van der Waals surface area contributed by atoms with E-state index in [2.05, 4.69) is 22.0 Å². The molecule has 2 rings (SSSR count). The number of amides is 1. The Morgan fingerprint density at radius 1 is 1.37 bits per heavy atom. The number of nitrogens with zero attached hydrogens (tertiary/aromatic N) is 4. The van der Waals surface area contributed by atoms with E-state index in [-0.39, 0.29) is 5.91 Å². The number of aliphatic carboxylic acids is 1. The van der Waals surface area contributed by atoms with Gasteiger partial charge in [0.25, 0.3) is 0 Å². The average Bonchev–Trinajstić information content (AvgIpc) is 2.97. The first kappa shape index (κ1) is 22.9. The van der Waals surface area contributed by atoms with Gasteiger partial charge in [0.1, 0.15) is 0 Å². The van der Waals surface area contributed by atoms with Crippen LogP contribution in [-0.2, 0) is 16.1 Å². The third-order valence-corrected chi connectivity index (χ3v) is 3.99.